The largest absolute Gasteiger partial charge is 0.369 e. The molecule has 2 aromatic rings. The molecule has 6 nitrogen and oxygen atoms in total. The van der Waals surface area contributed by atoms with E-state index >= 15 is 0 Å². The van der Waals surface area contributed by atoms with Crippen LogP contribution >= 0.6 is 11.3 Å². The van der Waals surface area contributed by atoms with Gasteiger partial charge in [0.2, 0.25) is 5.91 Å². The zero-order valence-corrected chi connectivity index (χ0v) is 11.6. The van der Waals surface area contributed by atoms with Crippen LogP contribution in [0.2, 0.25) is 0 Å². The lowest BCUT2D eigenvalue weighted by Gasteiger charge is -2.21. The maximum Gasteiger partial charge on any atom is 0.251 e. The number of nitrogens with one attached hydrogen (secondary N) is 2. The van der Waals surface area contributed by atoms with Gasteiger partial charge in [0.05, 0.1) is 16.8 Å². The van der Waals surface area contributed by atoms with Crippen LogP contribution in [-0.4, -0.2) is 36.1 Å². The van der Waals surface area contributed by atoms with Gasteiger partial charge in [-0.1, -0.05) is 17.4 Å². The molecule has 0 aliphatic carbocycles. The Morgan fingerprint density at radius 2 is 2.40 bits per heavy atom. The Balaban J connectivity index is 1.75. The molecule has 2 heterocycles. The molecule has 104 valence electrons. The van der Waals surface area contributed by atoms with E-state index < -0.39 is 6.04 Å². The minimum atomic E-state index is -0.662. The summed E-state index contributed by atoms with van der Waals surface area (Å²) in [7, 11) is 0. The first-order valence-corrected chi connectivity index (χ1v) is 6.98. The van der Waals surface area contributed by atoms with E-state index in [2.05, 4.69) is 15.6 Å². The van der Waals surface area contributed by atoms with Gasteiger partial charge in [0.1, 0.15) is 12.6 Å². The van der Waals surface area contributed by atoms with Crippen molar-refractivity contribution in [1.82, 2.24) is 10.3 Å². The van der Waals surface area contributed by atoms with Crippen molar-refractivity contribution < 1.29 is 14.3 Å². The summed E-state index contributed by atoms with van der Waals surface area (Å²) in [5, 5.41) is 5.82. The molecular weight excluding hydrogens is 278 g/mol. The zero-order valence-electron chi connectivity index (χ0n) is 10.8. The molecule has 1 fully saturated rings. The fraction of sp³-hybridized carbons (Fsp3) is 0.308. The highest BCUT2D eigenvalue weighted by molar-refractivity contribution is 7.22. The maximum absolute atomic E-state index is 12.0. The van der Waals surface area contributed by atoms with Crippen LogP contribution in [0.25, 0.3) is 10.2 Å². The molecule has 1 aromatic heterocycles. The molecule has 1 atom stereocenters. The van der Waals surface area contributed by atoms with Crippen LogP contribution in [-0.2, 0) is 14.3 Å². The van der Waals surface area contributed by atoms with E-state index in [0.29, 0.717) is 5.13 Å². The Kier molecular flexibility index (Phi) is 3.37. The van der Waals surface area contributed by atoms with E-state index in [-0.39, 0.29) is 25.0 Å². The van der Waals surface area contributed by atoms with E-state index in [9.17, 15) is 9.59 Å². The van der Waals surface area contributed by atoms with Crippen molar-refractivity contribution in [3.8, 4) is 0 Å². The smallest absolute Gasteiger partial charge is 0.251 e. The second-order valence-corrected chi connectivity index (χ2v) is 5.65. The first-order chi connectivity index (χ1) is 9.61. The van der Waals surface area contributed by atoms with Crippen molar-refractivity contribution in [3.05, 3.63) is 23.8 Å². The molecule has 1 aliphatic heterocycles. The van der Waals surface area contributed by atoms with Crippen LogP contribution in [0.15, 0.2) is 18.2 Å². The quantitative estimate of drug-likeness (QED) is 0.867. The molecule has 0 bridgehead atoms. The average molecular weight is 291 g/mol. The van der Waals surface area contributed by atoms with Crippen molar-refractivity contribution in [2.45, 2.75) is 13.0 Å². The highest BCUT2D eigenvalue weighted by Gasteiger charge is 2.25. The van der Waals surface area contributed by atoms with Gasteiger partial charge in [-0.3, -0.25) is 9.59 Å². The fourth-order valence-corrected chi connectivity index (χ4v) is 2.93. The van der Waals surface area contributed by atoms with Crippen LogP contribution < -0.4 is 10.6 Å². The molecule has 1 unspecified atom stereocenters. The summed E-state index contributed by atoms with van der Waals surface area (Å²) in [6.07, 6.45) is 0. The number of ether oxygens (including phenoxy) is 1. The number of benzene rings is 1. The minimum Gasteiger partial charge on any atom is -0.369 e. The van der Waals surface area contributed by atoms with Gasteiger partial charge < -0.3 is 15.4 Å². The molecule has 0 radical (unpaired) electrons. The van der Waals surface area contributed by atoms with Gasteiger partial charge in [-0.2, -0.15) is 0 Å². The maximum atomic E-state index is 12.0. The second kappa shape index (κ2) is 5.18. The van der Waals surface area contributed by atoms with Crippen LogP contribution in [0.4, 0.5) is 5.13 Å². The third kappa shape index (κ3) is 2.63. The van der Waals surface area contributed by atoms with Gasteiger partial charge in [-0.05, 0) is 24.6 Å². The molecule has 1 aliphatic rings. The molecule has 3 rings (SSSR count). The van der Waals surface area contributed by atoms with Gasteiger partial charge >= 0.3 is 0 Å². The van der Waals surface area contributed by atoms with Crippen LogP contribution in [0, 0.1) is 6.92 Å². The number of fused-ring (bicyclic) bond motifs is 1. The predicted octanol–water partition coefficient (Wildman–Crippen LogP) is 1.06. The standard InChI is InChI=1S/C13H13N3O3S/c1-7-2-3-8-10(4-7)20-13(15-8)16-12(18)9-5-19-6-11(17)14-9/h2-4,9H,5-6H2,1H3,(H,14,17)(H,15,16,18). The summed E-state index contributed by atoms with van der Waals surface area (Å²) in [6.45, 7) is 2.19. The molecule has 1 saturated heterocycles. The van der Waals surface area contributed by atoms with Crippen molar-refractivity contribution in [3.63, 3.8) is 0 Å². The van der Waals surface area contributed by atoms with Crippen molar-refractivity contribution in [1.29, 1.82) is 0 Å². The molecular formula is C13H13N3O3S. The second-order valence-electron chi connectivity index (χ2n) is 4.61. The first kappa shape index (κ1) is 13.0. The Labute approximate surface area is 119 Å². The van der Waals surface area contributed by atoms with Gasteiger partial charge in [0.15, 0.2) is 5.13 Å². The average Bonchev–Trinajstić information content (AvgIpc) is 2.80. The number of carbonyl (C=O) groups is 2. The summed E-state index contributed by atoms with van der Waals surface area (Å²) in [5.74, 6) is -0.592. The lowest BCUT2D eigenvalue weighted by molar-refractivity contribution is -0.136. The SMILES string of the molecule is Cc1ccc2nc(NC(=O)C3COCC(=O)N3)sc2c1. The van der Waals surface area contributed by atoms with E-state index in [1.165, 1.54) is 11.3 Å². The number of aromatic nitrogens is 1. The Hall–Kier alpha value is -1.99. The van der Waals surface area contributed by atoms with E-state index in [0.717, 1.165) is 15.8 Å². The van der Waals surface area contributed by atoms with E-state index in [4.69, 9.17) is 4.74 Å². The zero-order chi connectivity index (χ0) is 14.1. The molecule has 20 heavy (non-hydrogen) atoms. The first-order valence-electron chi connectivity index (χ1n) is 6.17. The Morgan fingerprint density at radius 3 is 3.20 bits per heavy atom. The molecule has 2 amide bonds. The number of nitrogens with zero attached hydrogens (tertiary/aromatic N) is 1. The van der Waals surface area contributed by atoms with E-state index in [1.54, 1.807) is 0 Å². The highest BCUT2D eigenvalue weighted by atomic mass is 32.1. The van der Waals surface area contributed by atoms with Crippen molar-refractivity contribution in [2.24, 2.45) is 0 Å². The summed E-state index contributed by atoms with van der Waals surface area (Å²) in [5.41, 5.74) is 1.99. The lowest BCUT2D eigenvalue weighted by atomic mass is 10.2. The molecule has 2 N–H and O–H groups in total. The number of anilines is 1. The molecule has 1 aromatic carbocycles. The fourth-order valence-electron chi connectivity index (χ4n) is 1.97. The van der Waals surface area contributed by atoms with Crippen molar-refractivity contribution in [2.75, 3.05) is 18.5 Å². The minimum absolute atomic E-state index is 0.00416. The number of rotatable bonds is 2. The van der Waals surface area contributed by atoms with Crippen LogP contribution in [0.5, 0.6) is 0 Å². The van der Waals surface area contributed by atoms with E-state index in [1.807, 2.05) is 25.1 Å². The Bertz CT molecular complexity index is 683. The van der Waals surface area contributed by atoms with Gasteiger partial charge in [-0.15, -0.1) is 0 Å². The Morgan fingerprint density at radius 1 is 1.55 bits per heavy atom. The third-order valence-electron chi connectivity index (χ3n) is 2.94. The number of carbonyl (C=O) groups excluding carboxylic acids is 2. The van der Waals surface area contributed by atoms with Crippen LogP contribution in [0.1, 0.15) is 5.56 Å². The van der Waals surface area contributed by atoms with Gasteiger partial charge in [-0.25, -0.2) is 4.98 Å². The summed E-state index contributed by atoms with van der Waals surface area (Å²) < 4.78 is 6.06. The summed E-state index contributed by atoms with van der Waals surface area (Å²) in [4.78, 5) is 27.5. The number of hydrogen-bond donors (Lipinski definition) is 2. The van der Waals surface area contributed by atoms with Crippen molar-refractivity contribution >= 4 is 38.5 Å². The number of amides is 2. The summed E-state index contributed by atoms with van der Waals surface area (Å²) in [6, 6.07) is 5.25. The number of morpholine rings is 1. The highest BCUT2D eigenvalue weighted by Crippen LogP contribution is 2.26. The van der Waals surface area contributed by atoms with Gasteiger partial charge in [0, 0.05) is 0 Å². The number of thiazole rings is 1. The monoisotopic (exact) mass is 291 g/mol. The lowest BCUT2D eigenvalue weighted by Crippen LogP contribution is -2.51. The predicted molar refractivity (Wildman–Crippen MR) is 75.7 cm³/mol. The molecule has 0 saturated carbocycles. The third-order valence-corrected chi connectivity index (χ3v) is 3.88. The molecule has 0 spiro atoms. The number of aryl methyl sites for hydroxylation is 1. The summed E-state index contributed by atoms with van der Waals surface area (Å²) >= 11 is 1.41. The normalized spacial score (nSPS) is 18.9. The topological polar surface area (TPSA) is 80.3 Å². The number of hydrogen-bond acceptors (Lipinski definition) is 5. The van der Waals surface area contributed by atoms with Gasteiger partial charge in [0.25, 0.3) is 5.91 Å². The van der Waals surface area contributed by atoms with Crippen LogP contribution in [0.3, 0.4) is 0 Å². The molecule has 7 heteroatoms.